The van der Waals surface area contributed by atoms with Crippen molar-refractivity contribution in [3.05, 3.63) is 28.8 Å². The SMILES string of the molecule is COc1ccc(CCO)cc1Cl. The summed E-state index contributed by atoms with van der Waals surface area (Å²) in [7, 11) is 1.58. The van der Waals surface area contributed by atoms with E-state index in [1.54, 1.807) is 19.2 Å². The van der Waals surface area contributed by atoms with E-state index in [-0.39, 0.29) is 6.61 Å². The van der Waals surface area contributed by atoms with Gasteiger partial charge in [-0.25, -0.2) is 0 Å². The van der Waals surface area contributed by atoms with Crippen molar-refractivity contribution >= 4 is 11.6 Å². The number of hydrogen-bond acceptors (Lipinski definition) is 2. The average Bonchev–Trinajstić information content (AvgIpc) is 2.05. The summed E-state index contributed by atoms with van der Waals surface area (Å²) in [5.41, 5.74) is 1.02. The van der Waals surface area contributed by atoms with Gasteiger partial charge in [0.05, 0.1) is 12.1 Å². The Morgan fingerprint density at radius 3 is 2.75 bits per heavy atom. The van der Waals surface area contributed by atoms with Crippen LogP contribution < -0.4 is 4.74 Å². The molecule has 3 heteroatoms. The van der Waals surface area contributed by atoms with E-state index in [0.717, 1.165) is 5.56 Å². The second kappa shape index (κ2) is 4.33. The molecule has 2 nitrogen and oxygen atoms in total. The zero-order chi connectivity index (χ0) is 8.97. The van der Waals surface area contributed by atoms with Crippen LogP contribution in [0.25, 0.3) is 0 Å². The largest absolute Gasteiger partial charge is 0.495 e. The van der Waals surface area contributed by atoms with Gasteiger partial charge in [0, 0.05) is 6.61 Å². The maximum absolute atomic E-state index is 8.66. The van der Waals surface area contributed by atoms with Crippen LogP contribution >= 0.6 is 11.6 Å². The summed E-state index contributed by atoms with van der Waals surface area (Å²) in [6.45, 7) is 0.142. The third-order valence-electron chi connectivity index (χ3n) is 1.62. The number of hydrogen-bond donors (Lipinski definition) is 1. The Kier molecular flexibility index (Phi) is 3.38. The second-order valence-electron chi connectivity index (χ2n) is 2.44. The fraction of sp³-hybridized carbons (Fsp3) is 0.333. The maximum Gasteiger partial charge on any atom is 0.137 e. The molecule has 0 saturated heterocycles. The quantitative estimate of drug-likeness (QED) is 0.781. The van der Waals surface area contributed by atoms with Crippen molar-refractivity contribution in [2.24, 2.45) is 0 Å². The van der Waals surface area contributed by atoms with E-state index in [1.807, 2.05) is 6.07 Å². The third-order valence-corrected chi connectivity index (χ3v) is 1.91. The Morgan fingerprint density at radius 1 is 1.50 bits per heavy atom. The van der Waals surface area contributed by atoms with Crippen LogP contribution in [0.3, 0.4) is 0 Å². The molecule has 0 bridgehead atoms. The molecule has 1 N–H and O–H groups in total. The molecule has 0 spiro atoms. The highest BCUT2D eigenvalue weighted by molar-refractivity contribution is 6.32. The molecule has 66 valence electrons. The number of halogens is 1. The molecule has 0 unspecified atom stereocenters. The first-order chi connectivity index (χ1) is 5.77. The summed E-state index contributed by atoms with van der Waals surface area (Å²) in [5.74, 6) is 0.665. The van der Waals surface area contributed by atoms with Crippen LogP contribution in [0.4, 0.5) is 0 Å². The van der Waals surface area contributed by atoms with Crippen LogP contribution in [-0.4, -0.2) is 18.8 Å². The van der Waals surface area contributed by atoms with Crippen molar-refractivity contribution < 1.29 is 9.84 Å². The van der Waals surface area contributed by atoms with Crippen LogP contribution in [-0.2, 0) is 6.42 Å². The molecule has 0 aromatic heterocycles. The van der Waals surface area contributed by atoms with Gasteiger partial charge in [0.15, 0.2) is 0 Å². The van der Waals surface area contributed by atoms with Gasteiger partial charge in [-0.3, -0.25) is 0 Å². The molecular weight excluding hydrogens is 176 g/mol. The molecular formula is C9H11ClO2. The molecule has 0 radical (unpaired) electrons. The predicted molar refractivity (Wildman–Crippen MR) is 48.8 cm³/mol. The van der Waals surface area contributed by atoms with Crippen molar-refractivity contribution in [1.29, 1.82) is 0 Å². The normalized spacial score (nSPS) is 9.92. The van der Waals surface area contributed by atoms with Gasteiger partial charge in [-0.05, 0) is 24.1 Å². The van der Waals surface area contributed by atoms with E-state index in [4.69, 9.17) is 21.4 Å². The lowest BCUT2D eigenvalue weighted by molar-refractivity contribution is 0.299. The van der Waals surface area contributed by atoms with E-state index >= 15 is 0 Å². The first kappa shape index (κ1) is 9.36. The smallest absolute Gasteiger partial charge is 0.137 e. The van der Waals surface area contributed by atoms with Gasteiger partial charge < -0.3 is 9.84 Å². The first-order valence-electron chi connectivity index (χ1n) is 3.71. The van der Waals surface area contributed by atoms with Crippen LogP contribution in [0.2, 0.25) is 5.02 Å². The molecule has 12 heavy (non-hydrogen) atoms. The lowest BCUT2D eigenvalue weighted by atomic mass is 10.1. The van der Waals surface area contributed by atoms with Crippen molar-refractivity contribution in [3.63, 3.8) is 0 Å². The highest BCUT2D eigenvalue weighted by Gasteiger charge is 2.00. The zero-order valence-electron chi connectivity index (χ0n) is 6.88. The van der Waals surface area contributed by atoms with Gasteiger partial charge in [-0.15, -0.1) is 0 Å². The van der Waals surface area contributed by atoms with Gasteiger partial charge in [0.25, 0.3) is 0 Å². The molecule has 1 aromatic carbocycles. The van der Waals surface area contributed by atoms with Crippen molar-refractivity contribution in [2.45, 2.75) is 6.42 Å². The highest BCUT2D eigenvalue weighted by Crippen LogP contribution is 2.24. The van der Waals surface area contributed by atoms with Gasteiger partial charge in [-0.1, -0.05) is 17.7 Å². The fourth-order valence-electron chi connectivity index (χ4n) is 0.994. The first-order valence-corrected chi connectivity index (χ1v) is 4.09. The van der Waals surface area contributed by atoms with Crippen molar-refractivity contribution in [1.82, 2.24) is 0 Å². The van der Waals surface area contributed by atoms with Crippen LogP contribution in [0.1, 0.15) is 5.56 Å². The minimum Gasteiger partial charge on any atom is -0.495 e. The van der Waals surface area contributed by atoms with E-state index < -0.39 is 0 Å². The monoisotopic (exact) mass is 186 g/mol. The number of aliphatic hydroxyl groups is 1. The molecule has 0 saturated carbocycles. The van der Waals surface area contributed by atoms with Gasteiger partial charge >= 0.3 is 0 Å². The predicted octanol–water partition coefficient (Wildman–Crippen LogP) is 1.88. The molecule has 0 fully saturated rings. The van der Waals surface area contributed by atoms with Gasteiger partial charge in [0.2, 0.25) is 0 Å². The van der Waals surface area contributed by atoms with E-state index in [2.05, 4.69) is 0 Å². The van der Waals surface area contributed by atoms with E-state index in [9.17, 15) is 0 Å². The maximum atomic E-state index is 8.66. The van der Waals surface area contributed by atoms with Crippen molar-refractivity contribution in [2.75, 3.05) is 13.7 Å². The molecule has 0 aliphatic rings. The number of aliphatic hydroxyl groups excluding tert-OH is 1. The Hall–Kier alpha value is -0.730. The molecule has 0 aliphatic heterocycles. The summed E-state index contributed by atoms with van der Waals surface area (Å²) < 4.78 is 4.98. The van der Waals surface area contributed by atoms with Crippen molar-refractivity contribution in [3.8, 4) is 5.75 Å². The Labute approximate surface area is 76.7 Å². The molecule has 0 atom stereocenters. The number of ether oxygens (including phenoxy) is 1. The van der Waals surface area contributed by atoms with E-state index in [0.29, 0.717) is 17.2 Å². The molecule has 1 aromatic rings. The lowest BCUT2D eigenvalue weighted by Crippen LogP contribution is -1.91. The van der Waals surface area contributed by atoms with Gasteiger partial charge in [0.1, 0.15) is 5.75 Å². The summed E-state index contributed by atoms with van der Waals surface area (Å²) in [6, 6.07) is 5.49. The number of rotatable bonds is 3. The Bertz CT molecular complexity index is 261. The lowest BCUT2D eigenvalue weighted by Gasteiger charge is -2.04. The summed E-state index contributed by atoms with van der Waals surface area (Å²) in [4.78, 5) is 0. The standard InChI is InChI=1S/C9H11ClO2/c1-12-9-3-2-7(4-5-11)6-8(9)10/h2-3,6,11H,4-5H2,1H3. The minimum absolute atomic E-state index is 0.142. The highest BCUT2D eigenvalue weighted by atomic mass is 35.5. The Morgan fingerprint density at radius 2 is 2.25 bits per heavy atom. The molecule has 1 rings (SSSR count). The fourth-order valence-corrected chi connectivity index (χ4v) is 1.27. The second-order valence-corrected chi connectivity index (χ2v) is 2.85. The van der Waals surface area contributed by atoms with Crippen LogP contribution in [0.15, 0.2) is 18.2 Å². The molecule has 0 aliphatic carbocycles. The zero-order valence-corrected chi connectivity index (χ0v) is 7.64. The summed E-state index contributed by atoms with van der Waals surface area (Å²) in [6.07, 6.45) is 0.629. The Balaban J connectivity index is 2.86. The average molecular weight is 187 g/mol. The number of methoxy groups -OCH3 is 1. The molecule has 0 heterocycles. The minimum atomic E-state index is 0.142. The summed E-state index contributed by atoms with van der Waals surface area (Å²) >= 11 is 5.86. The van der Waals surface area contributed by atoms with Crippen LogP contribution in [0.5, 0.6) is 5.75 Å². The molecule has 0 amide bonds. The number of benzene rings is 1. The summed E-state index contributed by atoms with van der Waals surface area (Å²) in [5, 5.41) is 9.25. The van der Waals surface area contributed by atoms with E-state index in [1.165, 1.54) is 0 Å². The van der Waals surface area contributed by atoms with Crippen LogP contribution in [0, 0.1) is 0 Å². The topological polar surface area (TPSA) is 29.5 Å². The third kappa shape index (κ3) is 2.13. The van der Waals surface area contributed by atoms with Gasteiger partial charge in [-0.2, -0.15) is 0 Å².